The predicted molar refractivity (Wildman–Crippen MR) is 87.1 cm³/mol. The van der Waals surface area contributed by atoms with Gasteiger partial charge in [-0.05, 0) is 31.7 Å². The Bertz CT molecular complexity index is 697. The SMILES string of the molecule is Bc1ccc2c(c1)C1(CC3(CCCC3)O2)N=C(N)N(C)C1=O. The van der Waals surface area contributed by atoms with E-state index in [1.165, 1.54) is 4.90 Å². The van der Waals surface area contributed by atoms with Crippen molar-refractivity contribution in [1.82, 2.24) is 4.90 Å². The van der Waals surface area contributed by atoms with Crippen LogP contribution in [0.2, 0.25) is 0 Å². The minimum absolute atomic E-state index is 0.0357. The molecule has 114 valence electrons. The molecule has 0 bridgehead atoms. The second-order valence-electron chi connectivity index (χ2n) is 6.86. The van der Waals surface area contributed by atoms with Crippen molar-refractivity contribution in [3.8, 4) is 5.75 Å². The first-order chi connectivity index (χ1) is 10.5. The maximum absolute atomic E-state index is 13.0. The van der Waals surface area contributed by atoms with Gasteiger partial charge in [0.1, 0.15) is 19.2 Å². The van der Waals surface area contributed by atoms with Crippen LogP contribution in [-0.4, -0.2) is 37.3 Å². The molecule has 1 aromatic carbocycles. The van der Waals surface area contributed by atoms with Crippen molar-refractivity contribution in [2.75, 3.05) is 7.05 Å². The van der Waals surface area contributed by atoms with Crippen molar-refractivity contribution in [2.45, 2.75) is 43.2 Å². The van der Waals surface area contributed by atoms with E-state index in [0.29, 0.717) is 12.4 Å². The zero-order valence-electron chi connectivity index (χ0n) is 13.1. The quantitative estimate of drug-likeness (QED) is 0.687. The van der Waals surface area contributed by atoms with E-state index in [-0.39, 0.29) is 11.5 Å². The monoisotopic (exact) mass is 297 g/mol. The molecule has 0 radical (unpaired) electrons. The zero-order chi connectivity index (χ0) is 15.5. The fraction of sp³-hybridized carbons (Fsp3) is 0.500. The minimum Gasteiger partial charge on any atom is -0.487 e. The molecule has 5 nitrogen and oxygen atoms in total. The van der Waals surface area contributed by atoms with Gasteiger partial charge in [-0.15, -0.1) is 0 Å². The molecule has 3 aliphatic rings. The number of amides is 1. The van der Waals surface area contributed by atoms with Gasteiger partial charge < -0.3 is 10.5 Å². The van der Waals surface area contributed by atoms with Crippen molar-refractivity contribution >= 4 is 25.2 Å². The van der Waals surface area contributed by atoms with Crippen LogP contribution < -0.4 is 15.9 Å². The number of carbonyl (C=O) groups excluding carboxylic acids is 1. The van der Waals surface area contributed by atoms with Gasteiger partial charge in [-0.2, -0.15) is 0 Å². The summed E-state index contributed by atoms with van der Waals surface area (Å²) >= 11 is 0. The summed E-state index contributed by atoms with van der Waals surface area (Å²) < 4.78 is 6.36. The molecular formula is C16H20BN3O2. The molecule has 0 saturated heterocycles. The molecule has 2 spiro atoms. The normalized spacial score (nSPS) is 28.9. The summed E-state index contributed by atoms with van der Waals surface area (Å²) in [5, 5.41) is 0. The van der Waals surface area contributed by atoms with E-state index >= 15 is 0 Å². The minimum atomic E-state index is -0.900. The third-order valence-corrected chi connectivity index (χ3v) is 5.31. The molecule has 0 aromatic heterocycles. The molecule has 22 heavy (non-hydrogen) atoms. The van der Waals surface area contributed by atoms with Crippen molar-refractivity contribution < 1.29 is 9.53 Å². The lowest BCUT2D eigenvalue weighted by molar-refractivity contribution is -0.134. The average Bonchev–Trinajstić information content (AvgIpc) is 3.01. The van der Waals surface area contributed by atoms with Crippen LogP contribution in [0.3, 0.4) is 0 Å². The number of likely N-dealkylation sites (N-methyl/N-ethyl adjacent to an activating group) is 1. The number of hydrogen-bond acceptors (Lipinski definition) is 4. The molecule has 6 heteroatoms. The molecule has 1 unspecified atom stereocenters. The van der Waals surface area contributed by atoms with Crippen molar-refractivity contribution in [3.63, 3.8) is 0 Å². The summed E-state index contributed by atoms with van der Waals surface area (Å²) in [6.45, 7) is 0. The van der Waals surface area contributed by atoms with E-state index in [2.05, 4.69) is 4.99 Å². The Morgan fingerprint density at radius 2 is 2.09 bits per heavy atom. The van der Waals surface area contributed by atoms with Gasteiger partial charge >= 0.3 is 0 Å². The van der Waals surface area contributed by atoms with Gasteiger partial charge in [0.05, 0.1) is 0 Å². The van der Waals surface area contributed by atoms with Crippen LogP contribution in [0.15, 0.2) is 23.2 Å². The lowest BCUT2D eigenvalue weighted by atomic mass is 9.74. The third-order valence-electron chi connectivity index (χ3n) is 5.31. The third kappa shape index (κ3) is 1.66. The highest BCUT2D eigenvalue weighted by Gasteiger charge is 2.58. The van der Waals surface area contributed by atoms with Crippen molar-refractivity contribution in [3.05, 3.63) is 23.8 Å². The summed E-state index contributed by atoms with van der Waals surface area (Å²) in [7, 11) is 3.71. The number of fused-ring (bicyclic) bond motifs is 2. The van der Waals surface area contributed by atoms with Gasteiger partial charge in [0.2, 0.25) is 0 Å². The van der Waals surface area contributed by atoms with Gasteiger partial charge in [0, 0.05) is 19.0 Å². The number of ether oxygens (including phenoxy) is 1. The number of carbonyl (C=O) groups is 1. The van der Waals surface area contributed by atoms with Crippen LogP contribution in [-0.2, 0) is 10.3 Å². The molecule has 2 heterocycles. The summed E-state index contributed by atoms with van der Waals surface area (Å²) in [4.78, 5) is 19.1. The Kier molecular flexibility index (Phi) is 2.66. The van der Waals surface area contributed by atoms with Crippen LogP contribution in [0.1, 0.15) is 37.7 Å². The first-order valence-electron chi connectivity index (χ1n) is 7.89. The Morgan fingerprint density at radius 3 is 2.73 bits per heavy atom. The molecular weight excluding hydrogens is 277 g/mol. The molecule has 1 amide bonds. The van der Waals surface area contributed by atoms with Gasteiger partial charge in [0.25, 0.3) is 5.91 Å². The number of hydrogen-bond donors (Lipinski definition) is 1. The van der Waals surface area contributed by atoms with Crippen LogP contribution >= 0.6 is 0 Å². The Hall–Kier alpha value is -1.98. The molecule has 1 aromatic rings. The smallest absolute Gasteiger partial charge is 0.261 e. The maximum atomic E-state index is 13.0. The molecule has 2 N–H and O–H groups in total. The second kappa shape index (κ2) is 4.27. The fourth-order valence-corrected chi connectivity index (χ4v) is 4.18. The largest absolute Gasteiger partial charge is 0.487 e. The maximum Gasteiger partial charge on any atom is 0.261 e. The van der Waals surface area contributed by atoms with Crippen LogP contribution in [0.25, 0.3) is 0 Å². The zero-order valence-corrected chi connectivity index (χ0v) is 13.1. The van der Waals surface area contributed by atoms with Crippen LogP contribution in [0, 0.1) is 0 Å². The van der Waals surface area contributed by atoms with Crippen molar-refractivity contribution in [2.24, 2.45) is 10.7 Å². The van der Waals surface area contributed by atoms with E-state index in [9.17, 15) is 4.79 Å². The number of guanidine groups is 1. The van der Waals surface area contributed by atoms with E-state index in [1.807, 2.05) is 26.0 Å². The van der Waals surface area contributed by atoms with E-state index in [4.69, 9.17) is 10.5 Å². The lowest BCUT2D eigenvalue weighted by Crippen LogP contribution is -2.50. The summed E-state index contributed by atoms with van der Waals surface area (Å²) in [6, 6.07) is 6.02. The molecule has 2 aliphatic heterocycles. The van der Waals surface area contributed by atoms with E-state index in [0.717, 1.165) is 42.5 Å². The second-order valence-corrected chi connectivity index (χ2v) is 6.86. The number of rotatable bonds is 0. The highest BCUT2D eigenvalue weighted by Crippen LogP contribution is 2.53. The molecule has 4 rings (SSSR count). The number of benzene rings is 1. The van der Waals surface area contributed by atoms with Crippen LogP contribution in [0.4, 0.5) is 0 Å². The number of nitrogens with two attached hydrogens (primary N) is 1. The lowest BCUT2D eigenvalue weighted by Gasteiger charge is -2.43. The Morgan fingerprint density at radius 1 is 1.36 bits per heavy atom. The van der Waals surface area contributed by atoms with Crippen LogP contribution in [0.5, 0.6) is 5.75 Å². The summed E-state index contributed by atoms with van der Waals surface area (Å²) in [5.74, 6) is 1.05. The first kappa shape index (κ1) is 13.7. The topological polar surface area (TPSA) is 67.9 Å². The van der Waals surface area contributed by atoms with Gasteiger partial charge in [-0.1, -0.05) is 17.6 Å². The highest BCUT2D eigenvalue weighted by molar-refractivity contribution is 6.32. The predicted octanol–water partition coefficient (Wildman–Crippen LogP) is 0.0223. The highest BCUT2D eigenvalue weighted by atomic mass is 16.5. The fourth-order valence-electron chi connectivity index (χ4n) is 4.18. The van der Waals surface area contributed by atoms with Gasteiger partial charge in [0.15, 0.2) is 11.5 Å². The Balaban J connectivity index is 1.94. The molecule has 1 fully saturated rings. The molecule has 1 atom stereocenters. The van der Waals surface area contributed by atoms with E-state index < -0.39 is 5.54 Å². The number of aliphatic imine (C=N–C) groups is 1. The average molecular weight is 297 g/mol. The summed E-state index contributed by atoms with van der Waals surface area (Å²) in [6.07, 6.45) is 4.84. The Labute approximate surface area is 130 Å². The van der Waals surface area contributed by atoms with Crippen molar-refractivity contribution in [1.29, 1.82) is 0 Å². The van der Waals surface area contributed by atoms with E-state index in [1.54, 1.807) is 7.05 Å². The summed E-state index contributed by atoms with van der Waals surface area (Å²) in [5.41, 5.74) is 6.76. The standard InChI is InChI=1S/C16H20BN3O2/c1-20-13(21)16(19-14(20)18)9-15(6-2-3-7-15)22-12-5-4-10(17)8-11(12)16/h4-5,8H,2-3,6-7,9,17H2,1H3,(H2,18,19). The number of nitrogens with zero attached hydrogens (tertiary/aromatic N) is 2. The first-order valence-corrected chi connectivity index (χ1v) is 7.89. The molecule has 1 saturated carbocycles. The molecule has 1 aliphatic carbocycles. The van der Waals surface area contributed by atoms with Gasteiger partial charge in [-0.25, -0.2) is 4.99 Å². The van der Waals surface area contributed by atoms with Gasteiger partial charge in [-0.3, -0.25) is 9.69 Å².